The van der Waals surface area contributed by atoms with Gasteiger partial charge in [-0.3, -0.25) is 9.59 Å². The van der Waals surface area contributed by atoms with Gasteiger partial charge in [-0.15, -0.1) is 0 Å². The van der Waals surface area contributed by atoms with Gasteiger partial charge in [0.25, 0.3) is 11.5 Å². The highest BCUT2D eigenvalue weighted by molar-refractivity contribution is 6.36. The number of halogens is 1. The van der Waals surface area contributed by atoms with E-state index in [1.165, 1.54) is 19.3 Å². The number of carbonyl (C=O) groups is 2. The van der Waals surface area contributed by atoms with Crippen LogP contribution in [0.15, 0.2) is 59.5 Å². The number of urea groups is 1. The first-order chi connectivity index (χ1) is 21.7. The number of aromatic nitrogens is 3. The Kier molecular flexibility index (Phi) is 8.30. The van der Waals surface area contributed by atoms with Gasteiger partial charge in [0.05, 0.1) is 23.9 Å². The van der Waals surface area contributed by atoms with E-state index in [0.29, 0.717) is 35.4 Å². The van der Waals surface area contributed by atoms with Gasteiger partial charge in [0.1, 0.15) is 5.56 Å². The Hall–Kier alpha value is -4.74. The summed E-state index contributed by atoms with van der Waals surface area (Å²) in [5.74, 6) is 0.0374. The Morgan fingerprint density at radius 1 is 1.11 bits per heavy atom. The molecule has 1 saturated heterocycles. The van der Waals surface area contributed by atoms with E-state index in [1.54, 1.807) is 25.1 Å². The molecule has 2 aliphatic rings. The Morgan fingerprint density at radius 3 is 2.62 bits per heavy atom. The molecule has 0 radical (unpaired) electrons. The molecule has 2 aromatic carbocycles. The maximum absolute atomic E-state index is 13.0. The normalized spacial score (nSPS) is 17.3. The number of pyridine rings is 1. The first kappa shape index (κ1) is 30.3. The first-order valence-corrected chi connectivity index (χ1v) is 15.1. The highest BCUT2D eigenvalue weighted by Gasteiger charge is 2.31. The molecule has 12 heteroatoms. The van der Waals surface area contributed by atoms with Gasteiger partial charge in [0, 0.05) is 61.8 Å². The fraction of sp³-hybridized carbons (Fsp3) is 0.303. The van der Waals surface area contributed by atoms with Crippen molar-refractivity contribution in [2.24, 2.45) is 7.05 Å². The van der Waals surface area contributed by atoms with E-state index in [2.05, 4.69) is 27.1 Å². The number of nitrogens with one attached hydrogen (secondary N) is 3. The fourth-order valence-electron chi connectivity index (χ4n) is 6.12. The number of likely N-dealkylation sites (N-methyl/N-ethyl adjacent to an activating group) is 1. The number of nitrogens with zero attached hydrogens (tertiary/aromatic N) is 4. The minimum Gasteiger partial charge on any atom is -0.481 e. The summed E-state index contributed by atoms with van der Waals surface area (Å²) in [6, 6.07) is 14.9. The summed E-state index contributed by atoms with van der Waals surface area (Å²) >= 11 is 7.09. The zero-order valence-corrected chi connectivity index (χ0v) is 26.2. The number of amides is 3. The number of benzene rings is 2. The van der Waals surface area contributed by atoms with Gasteiger partial charge in [-0.2, -0.15) is 5.10 Å². The Bertz CT molecular complexity index is 1870. The molecular formula is C33H34ClN7O4. The molecule has 232 valence electrons. The fourth-order valence-corrected chi connectivity index (χ4v) is 6.44. The van der Waals surface area contributed by atoms with Crippen LogP contribution in [-0.4, -0.2) is 64.9 Å². The third kappa shape index (κ3) is 5.76. The molecule has 4 aromatic rings. The van der Waals surface area contributed by atoms with Crippen LogP contribution in [0, 0.1) is 6.92 Å². The van der Waals surface area contributed by atoms with Crippen LogP contribution in [-0.2, 0) is 13.5 Å². The highest BCUT2D eigenvalue weighted by Crippen LogP contribution is 2.43. The number of ether oxygens (including phenoxy) is 1. The topological polar surface area (TPSA) is 130 Å². The number of carbonyl (C=O) groups excluding carboxylic acids is 2. The average Bonchev–Trinajstić information content (AvgIpc) is 3.59. The molecule has 1 aliphatic carbocycles. The lowest BCUT2D eigenvalue weighted by Crippen LogP contribution is -2.38. The van der Waals surface area contributed by atoms with E-state index in [0.717, 1.165) is 50.9 Å². The van der Waals surface area contributed by atoms with Gasteiger partial charge in [-0.05, 0) is 54.7 Å². The zero-order chi connectivity index (χ0) is 31.8. The summed E-state index contributed by atoms with van der Waals surface area (Å²) in [5.41, 5.74) is 6.16. The summed E-state index contributed by atoms with van der Waals surface area (Å²) in [6.45, 7) is 3.21. The maximum atomic E-state index is 13.0. The lowest BCUT2D eigenvalue weighted by Gasteiger charge is -2.20. The smallest absolute Gasteiger partial charge is 0.317 e. The zero-order valence-electron chi connectivity index (χ0n) is 25.5. The molecular weight excluding hydrogens is 594 g/mol. The van der Waals surface area contributed by atoms with Gasteiger partial charge in [0.15, 0.2) is 0 Å². The molecule has 2 aromatic heterocycles. The standard InChI is InChI=1S/C33H34ClN7O4/c1-18-21(7-6-10-25(18)38-30(42)24-13-14-36-41(3)32(24)43)22-8-5-9-23(29(22)34)27-15-19-11-12-26(28(19)31(39-27)45-4)35-16-20-17-40(2)33(44)37-20/h5-10,13-15,20,26,35H,11-12,16-17H2,1-4H3,(H,37,44)(H,38,42)/t20-,26+/m1/s1. The molecule has 2 atom stereocenters. The molecule has 6 rings (SSSR count). The Labute approximate surface area is 265 Å². The lowest BCUT2D eigenvalue weighted by molar-refractivity contribution is 0.102. The van der Waals surface area contributed by atoms with Crippen LogP contribution in [0.1, 0.15) is 39.5 Å². The minimum absolute atomic E-state index is 0.00399. The van der Waals surface area contributed by atoms with Gasteiger partial charge >= 0.3 is 6.03 Å². The molecule has 11 nitrogen and oxygen atoms in total. The average molecular weight is 628 g/mol. The molecule has 0 bridgehead atoms. The molecule has 1 fully saturated rings. The number of aryl methyl sites for hydroxylation is 2. The molecule has 3 amide bonds. The number of hydrogen-bond acceptors (Lipinski definition) is 7. The van der Waals surface area contributed by atoms with Gasteiger partial charge in [0.2, 0.25) is 5.88 Å². The third-order valence-corrected chi connectivity index (χ3v) is 8.94. The Balaban J connectivity index is 1.28. The lowest BCUT2D eigenvalue weighted by atomic mass is 9.96. The molecule has 45 heavy (non-hydrogen) atoms. The predicted octanol–water partition coefficient (Wildman–Crippen LogP) is 4.33. The number of methoxy groups -OCH3 is 1. The van der Waals surface area contributed by atoms with E-state index in [1.807, 2.05) is 37.3 Å². The number of rotatable bonds is 8. The van der Waals surface area contributed by atoms with Crippen LogP contribution in [0.2, 0.25) is 5.02 Å². The summed E-state index contributed by atoms with van der Waals surface area (Å²) in [6.07, 6.45) is 3.17. The molecule has 0 saturated carbocycles. The molecule has 3 N–H and O–H groups in total. The van der Waals surface area contributed by atoms with E-state index in [-0.39, 0.29) is 23.7 Å². The van der Waals surface area contributed by atoms with Gasteiger partial charge < -0.3 is 25.6 Å². The number of hydrogen-bond donors (Lipinski definition) is 3. The van der Waals surface area contributed by atoms with Crippen molar-refractivity contribution in [1.29, 1.82) is 0 Å². The maximum Gasteiger partial charge on any atom is 0.317 e. The van der Waals surface area contributed by atoms with Crippen molar-refractivity contribution in [1.82, 2.24) is 30.3 Å². The minimum atomic E-state index is -0.513. The van der Waals surface area contributed by atoms with Crippen LogP contribution in [0.25, 0.3) is 22.4 Å². The van der Waals surface area contributed by atoms with Crippen molar-refractivity contribution < 1.29 is 14.3 Å². The largest absolute Gasteiger partial charge is 0.481 e. The van der Waals surface area contributed by atoms with E-state index >= 15 is 0 Å². The van der Waals surface area contributed by atoms with Crippen molar-refractivity contribution in [3.63, 3.8) is 0 Å². The molecule has 0 spiro atoms. The summed E-state index contributed by atoms with van der Waals surface area (Å²) in [7, 11) is 4.91. The van der Waals surface area contributed by atoms with Gasteiger partial charge in [-0.25, -0.2) is 14.5 Å². The van der Waals surface area contributed by atoms with Gasteiger partial charge in [-0.1, -0.05) is 41.9 Å². The van der Waals surface area contributed by atoms with Crippen molar-refractivity contribution in [3.8, 4) is 28.3 Å². The van der Waals surface area contributed by atoms with E-state index in [4.69, 9.17) is 21.3 Å². The summed E-state index contributed by atoms with van der Waals surface area (Å²) in [4.78, 5) is 43.8. The van der Waals surface area contributed by atoms with Crippen molar-refractivity contribution in [2.75, 3.05) is 32.6 Å². The van der Waals surface area contributed by atoms with Crippen molar-refractivity contribution in [3.05, 3.63) is 92.4 Å². The second kappa shape index (κ2) is 12.3. The van der Waals surface area contributed by atoms with E-state index in [9.17, 15) is 14.4 Å². The molecule has 3 heterocycles. The van der Waals surface area contributed by atoms with Crippen LogP contribution in [0.4, 0.5) is 10.5 Å². The summed E-state index contributed by atoms with van der Waals surface area (Å²) < 4.78 is 6.92. The van der Waals surface area contributed by atoms with Crippen molar-refractivity contribution >= 4 is 29.2 Å². The van der Waals surface area contributed by atoms with Crippen molar-refractivity contribution in [2.45, 2.75) is 31.8 Å². The van der Waals surface area contributed by atoms with E-state index < -0.39 is 11.5 Å². The summed E-state index contributed by atoms with van der Waals surface area (Å²) in [5, 5.41) is 13.9. The number of anilines is 1. The monoisotopic (exact) mass is 627 g/mol. The number of fused-ring (bicyclic) bond motifs is 1. The third-order valence-electron chi connectivity index (χ3n) is 8.53. The second-order valence-corrected chi connectivity index (χ2v) is 11.8. The van der Waals surface area contributed by atoms with Crippen LogP contribution >= 0.6 is 11.6 Å². The molecule has 1 aliphatic heterocycles. The van der Waals surface area contributed by atoms with Crippen LogP contribution in [0.5, 0.6) is 5.88 Å². The molecule has 0 unspecified atom stereocenters. The quantitative estimate of drug-likeness (QED) is 0.265. The predicted molar refractivity (Wildman–Crippen MR) is 173 cm³/mol. The van der Waals surface area contributed by atoms with Crippen LogP contribution in [0.3, 0.4) is 0 Å². The first-order valence-electron chi connectivity index (χ1n) is 14.7. The second-order valence-electron chi connectivity index (χ2n) is 11.4. The highest BCUT2D eigenvalue weighted by atomic mass is 35.5. The van der Waals surface area contributed by atoms with Crippen LogP contribution < -0.4 is 26.2 Å². The Morgan fingerprint density at radius 2 is 1.87 bits per heavy atom. The SMILES string of the molecule is COc1nc(-c2cccc(-c3cccc(NC(=O)c4ccnn(C)c4=O)c3C)c2Cl)cc2c1[C@@H](NC[C@@H]1CN(C)C(=O)N1)CC2.